The maximum Gasteiger partial charge on any atom is 0.320 e. The van der Waals surface area contributed by atoms with Gasteiger partial charge in [-0.3, -0.25) is 14.9 Å². The van der Waals surface area contributed by atoms with E-state index >= 15 is 0 Å². The van der Waals surface area contributed by atoms with Crippen LogP contribution in [0.15, 0.2) is 71.7 Å². The highest BCUT2D eigenvalue weighted by atomic mass is 35.5. The summed E-state index contributed by atoms with van der Waals surface area (Å²) in [5.41, 5.74) is 14.6. The van der Waals surface area contributed by atoms with Crippen molar-refractivity contribution >= 4 is 35.1 Å². The second-order valence-corrected chi connectivity index (χ2v) is 9.74. The number of rotatable bonds is 9. The Balaban J connectivity index is 1.51. The highest BCUT2D eigenvalue weighted by Crippen LogP contribution is 2.36. The van der Waals surface area contributed by atoms with Gasteiger partial charge in [0.15, 0.2) is 5.96 Å². The Morgan fingerprint density at radius 2 is 1.69 bits per heavy atom. The Kier molecular flexibility index (Phi) is 9.40. The van der Waals surface area contributed by atoms with E-state index in [1.54, 1.807) is 36.4 Å². The molecule has 204 valence electrons. The molecule has 0 radical (unpaired) electrons. The van der Waals surface area contributed by atoms with Gasteiger partial charge in [0, 0.05) is 29.9 Å². The van der Waals surface area contributed by atoms with E-state index in [0.717, 1.165) is 37.2 Å². The van der Waals surface area contributed by atoms with E-state index < -0.39 is 17.9 Å². The summed E-state index contributed by atoms with van der Waals surface area (Å²) in [6.45, 7) is 2.06. The van der Waals surface area contributed by atoms with Gasteiger partial charge in [0.1, 0.15) is 17.5 Å². The van der Waals surface area contributed by atoms with Crippen molar-refractivity contribution in [1.82, 2.24) is 5.32 Å². The van der Waals surface area contributed by atoms with Gasteiger partial charge >= 0.3 is 5.97 Å². The first-order valence-corrected chi connectivity index (χ1v) is 13.2. The number of carbonyl (C=O) groups excluding carboxylic acids is 1. The highest BCUT2D eigenvalue weighted by molar-refractivity contribution is 6.32. The number of piperidine rings is 1. The summed E-state index contributed by atoms with van der Waals surface area (Å²) in [5.74, 6) is -0.391. The van der Waals surface area contributed by atoms with Gasteiger partial charge < -0.3 is 26.2 Å². The third kappa shape index (κ3) is 7.49. The number of amides is 1. The summed E-state index contributed by atoms with van der Waals surface area (Å²) in [4.78, 5) is 30.5. The van der Waals surface area contributed by atoms with Gasteiger partial charge in [-0.1, -0.05) is 41.9 Å². The number of para-hydroxylation sites is 1. The largest absolute Gasteiger partial charge is 0.480 e. The van der Waals surface area contributed by atoms with Gasteiger partial charge in [-0.15, -0.1) is 0 Å². The molecule has 10 heteroatoms. The van der Waals surface area contributed by atoms with Crippen molar-refractivity contribution in [3.8, 4) is 11.5 Å². The van der Waals surface area contributed by atoms with Gasteiger partial charge in [-0.05, 0) is 67.6 Å². The fourth-order valence-electron chi connectivity index (χ4n) is 4.41. The first kappa shape index (κ1) is 27.9. The summed E-state index contributed by atoms with van der Waals surface area (Å²) < 4.78 is 6.21. The summed E-state index contributed by atoms with van der Waals surface area (Å²) >= 11 is 6.34. The smallest absolute Gasteiger partial charge is 0.320 e. The summed E-state index contributed by atoms with van der Waals surface area (Å²) in [6.07, 6.45) is 3.58. The summed E-state index contributed by atoms with van der Waals surface area (Å²) in [5, 5.41) is 12.1. The van der Waals surface area contributed by atoms with Gasteiger partial charge in [-0.25, -0.2) is 4.99 Å². The van der Waals surface area contributed by atoms with Gasteiger partial charge in [0.2, 0.25) is 0 Å². The number of nitrogens with zero attached hydrogens (tertiary/aromatic N) is 2. The molecule has 0 saturated carbocycles. The molecule has 0 spiro atoms. The Hall–Kier alpha value is -4.08. The van der Waals surface area contributed by atoms with Crippen molar-refractivity contribution in [3.63, 3.8) is 0 Å². The number of carboxylic acids is 1. The number of anilines is 1. The molecule has 0 bridgehead atoms. The van der Waals surface area contributed by atoms with Crippen LogP contribution in [0.3, 0.4) is 0 Å². The van der Waals surface area contributed by atoms with Crippen LogP contribution in [0, 0.1) is 0 Å². The normalized spacial score (nSPS) is 14.5. The number of nitrogens with one attached hydrogen (secondary N) is 1. The number of ether oxygens (including phenoxy) is 1. The SMILES string of the molecule is NC(=NCc1c(Oc2ccccc2Cl)cccc1N1CCCCC1)NC(=O)c1ccc(C[C@H](N)C(=O)O)cc1. The zero-order valence-corrected chi connectivity index (χ0v) is 22.2. The fourth-order valence-corrected chi connectivity index (χ4v) is 4.59. The van der Waals surface area contributed by atoms with Gasteiger partial charge in [-0.2, -0.15) is 0 Å². The molecule has 1 aliphatic rings. The second-order valence-electron chi connectivity index (χ2n) is 9.34. The first-order chi connectivity index (χ1) is 18.8. The monoisotopic (exact) mass is 549 g/mol. The molecule has 1 aliphatic heterocycles. The van der Waals surface area contributed by atoms with Crippen LogP contribution >= 0.6 is 11.6 Å². The minimum absolute atomic E-state index is 0.0332. The number of aliphatic carboxylic acids is 1. The number of benzene rings is 3. The van der Waals surface area contributed by atoms with Crippen LogP contribution in [0.2, 0.25) is 5.02 Å². The first-order valence-electron chi connectivity index (χ1n) is 12.8. The van der Waals surface area contributed by atoms with Crippen LogP contribution in [0.25, 0.3) is 0 Å². The van der Waals surface area contributed by atoms with E-state index in [1.165, 1.54) is 6.42 Å². The minimum atomic E-state index is -1.08. The van der Waals surface area contributed by atoms with Crippen molar-refractivity contribution in [3.05, 3.63) is 88.4 Å². The van der Waals surface area contributed by atoms with Crippen LogP contribution in [-0.4, -0.2) is 42.1 Å². The van der Waals surface area contributed by atoms with Crippen LogP contribution in [-0.2, 0) is 17.8 Å². The topological polar surface area (TPSA) is 143 Å². The number of carbonyl (C=O) groups is 2. The number of halogens is 1. The molecule has 1 fully saturated rings. The average molecular weight is 550 g/mol. The van der Waals surface area contributed by atoms with E-state index in [-0.39, 0.29) is 18.9 Å². The van der Waals surface area contributed by atoms with Gasteiger partial charge in [0.25, 0.3) is 5.91 Å². The third-order valence-electron chi connectivity index (χ3n) is 6.50. The quantitative estimate of drug-likeness (QED) is 0.230. The number of guanidine groups is 1. The van der Waals surface area contributed by atoms with E-state index in [0.29, 0.717) is 27.6 Å². The molecule has 0 unspecified atom stereocenters. The second kappa shape index (κ2) is 13.1. The van der Waals surface area contributed by atoms with Crippen molar-refractivity contribution < 1.29 is 19.4 Å². The molecule has 1 amide bonds. The fraction of sp³-hybridized carbons (Fsp3) is 0.276. The number of aliphatic imine (C=N–C) groups is 1. The molecule has 0 aliphatic carbocycles. The molecule has 39 heavy (non-hydrogen) atoms. The van der Waals surface area contributed by atoms with Crippen molar-refractivity contribution in [2.75, 3.05) is 18.0 Å². The predicted molar refractivity (Wildman–Crippen MR) is 153 cm³/mol. The molecule has 4 rings (SSSR count). The van der Waals surface area contributed by atoms with Crippen LogP contribution in [0.4, 0.5) is 5.69 Å². The molecule has 3 aromatic rings. The van der Waals surface area contributed by atoms with Crippen molar-refractivity contribution in [1.29, 1.82) is 0 Å². The molecule has 1 atom stereocenters. The molecule has 1 saturated heterocycles. The van der Waals surface area contributed by atoms with E-state index in [1.807, 2.05) is 30.3 Å². The molecule has 3 aromatic carbocycles. The molecule has 1 heterocycles. The lowest BCUT2D eigenvalue weighted by Crippen LogP contribution is -2.37. The van der Waals surface area contributed by atoms with E-state index in [2.05, 4.69) is 15.2 Å². The molecule has 9 nitrogen and oxygen atoms in total. The molecule has 0 aromatic heterocycles. The molecular formula is C29H32ClN5O4. The lowest BCUT2D eigenvalue weighted by Gasteiger charge is -2.31. The third-order valence-corrected chi connectivity index (χ3v) is 6.81. The van der Waals surface area contributed by atoms with Crippen LogP contribution in [0.1, 0.15) is 40.7 Å². The van der Waals surface area contributed by atoms with E-state index in [9.17, 15) is 9.59 Å². The lowest BCUT2D eigenvalue weighted by molar-refractivity contribution is -0.138. The number of hydrogen-bond acceptors (Lipinski definition) is 6. The Morgan fingerprint density at radius 3 is 2.38 bits per heavy atom. The van der Waals surface area contributed by atoms with Crippen LogP contribution < -0.4 is 26.4 Å². The number of nitrogens with two attached hydrogens (primary N) is 2. The minimum Gasteiger partial charge on any atom is -0.480 e. The van der Waals surface area contributed by atoms with E-state index in [4.69, 9.17) is 32.9 Å². The van der Waals surface area contributed by atoms with Crippen LogP contribution in [0.5, 0.6) is 11.5 Å². The van der Waals surface area contributed by atoms with Crippen molar-refractivity contribution in [2.45, 2.75) is 38.3 Å². The molecule has 6 N–H and O–H groups in total. The zero-order chi connectivity index (χ0) is 27.8. The number of carboxylic acid groups (broad SMARTS) is 1. The Morgan fingerprint density at radius 1 is 1.00 bits per heavy atom. The maximum absolute atomic E-state index is 12.7. The van der Waals surface area contributed by atoms with Crippen molar-refractivity contribution in [2.24, 2.45) is 16.5 Å². The Bertz CT molecular complexity index is 1340. The average Bonchev–Trinajstić information content (AvgIpc) is 2.94. The summed E-state index contributed by atoms with van der Waals surface area (Å²) in [7, 11) is 0. The predicted octanol–water partition coefficient (Wildman–Crippen LogP) is 4.32. The zero-order valence-electron chi connectivity index (χ0n) is 21.5. The molecular weight excluding hydrogens is 518 g/mol. The lowest BCUT2D eigenvalue weighted by atomic mass is 10.0. The maximum atomic E-state index is 12.7. The Labute approximate surface area is 232 Å². The number of hydrogen-bond donors (Lipinski definition) is 4. The standard InChI is InChI=1S/C29H32ClN5O4/c30-22-7-2-3-9-26(22)39-25-10-6-8-24(35-15-4-1-5-16-35)21(25)18-33-29(32)34-27(36)20-13-11-19(12-14-20)17-23(31)28(37)38/h2-3,6-14,23H,1,4-5,15-18,31H2,(H,37,38)(H3,32,33,34,36)/t23-/m0/s1. The highest BCUT2D eigenvalue weighted by Gasteiger charge is 2.19. The summed E-state index contributed by atoms with van der Waals surface area (Å²) in [6, 6.07) is 18.6. The van der Waals surface area contributed by atoms with Gasteiger partial charge in [0.05, 0.1) is 11.6 Å².